The van der Waals surface area contributed by atoms with Crippen LogP contribution < -0.4 is 4.74 Å². The summed E-state index contributed by atoms with van der Waals surface area (Å²) in [5, 5.41) is 18.8. The Kier molecular flexibility index (Phi) is 4.84. The van der Waals surface area contributed by atoms with Crippen LogP contribution in [0.5, 0.6) is 11.5 Å². The van der Waals surface area contributed by atoms with Crippen LogP contribution in [0.3, 0.4) is 0 Å². The molecule has 0 radical (unpaired) electrons. The van der Waals surface area contributed by atoms with Crippen LogP contribution in [-0.4, -0.2) is 41.3 Å². The molecule has 5 nitrogen and oxygen atoms in total. The number of carboxylic acid groups (broad SMARTS) is 1. The highest BCUT2D eigenvalue weighted by atomic mass is 16.5. The van der Waals surface area contributed by atoms with Gasteiger partial charge >= 0.3 is 5.97 Å². The molecule has 110 valence electrons. The highest BCUT2D eigenvalue weighted by molar-refractivity contribution is 5.67. The van der Waals surface area contributed by atoms with E-state index in [1.54, 1.807) is 13.2 Å². The number of methoxy groups -OCH3 is 1. The molecule has 1 aromatic rings. The van der Waals surface area contributed by atoms with Crippen LogP contribution in [0.15, 0.2) is 18.2 Å². The quantitative estimate of drug-likeness (QED) is 0.863. The lowest BCUT2D eigenvalue weighted by Crippen LogP contribution is -2.35. The number of carbonyl (C=O) groups is 1. The molecule has 1 aliphatic rings. The van der Waals surface area contributed by atoms with Gasteiger partial charge in [0.05, 0.1) is 7.11 Å². The van der Waals surface area contributed by atoms with Gasteiger partial charge in [-0.1, -0.05) is 6.07 Å². The molecule has 5 heteroatoms. The molecule has 0 aromatic heterocycles. The molecule has 0 bridgehead atoms. The number of rotatable bonds is 5. The van der Waals surface area contributed by atoms with Gasteiger partial charge < -0.3 is 14.9 Å². The van der Waals surface area contributed by atoms with Gasteiger partial charge in [-0.05, 0) is 31.4 Å². The van der Waals surface area contributed by atoms with Crippen LogP contribution >= 0.6 is 0 Å². The van der Waals surface area contributed by atoms with Crippen molar-refractivity contribution in [2.24, 2.45) is 5.92 Å². The van der Waals surface area contributed by atoms with Crippen molar-refractivity contribution in [1.29, 1.82) is 0 Å². The second-order valence-electron chi connectivity index (χ2n) is 5.34. The van der Waals surface area contributed by atoms with Crippen molar-refractivity contribution in [2.45, 2.75) is 25.8 Å². The van der Waals surface area contributed by atoms with E-state index in [9.17, 15) is 9.90 Å². The molecule has 1 heterocycles. The topological polar surface area (TPSA) is 70.0 Å². The average Bonchev–Trinajstić information content (AvgIpc) is 2.41. The molecular formula is C15H21NO4. The SMILES string of the molecule is COc1ccc(CN2CCCC(CC(=O)O)C2)c(O)c1. The normalized spacial score (nSPS) is 19.8. The van der Waals surface area contributed by atoms with Gasteiger partial charge in [0.1, 0.15) is 11.5 Å². The predicted molar refractivity (Wildman–Crippen MR) is 74.9 cm³/mol. The van der Waals surface area contributed by atoms with Gasteiger partial charge in [0.15, 0.2) is 0 Å². The van der Waals surface area contributed by atoms with Crippen molar-refractivity contribution in [3.05, 3.63) is 23.8 Å². The van der Waals surface area contributed by atoms with Gasteiger partial charge in [-0.15, -0.1) is 0 Å². The fraction of sp³-hybridized carbons (Fsp3) is 0.533. The van der Waals surface area contributed by atoms with Crippen molar-refractivity contribution in [3.63, 3.8) is 0 Å². The Hall–Kier alpha value is -1.75. The van der Waals surface area contributed by atoms with E-state index in [1.165, 1.54) is 0 Å². The van der Waals surface area contributed by atoms with E-state index in [0.717, 1.165) is 31.5 Å². The maximum atomic E-state index is 10.8. The van der Waals surface area contributed by atoms with E-state index in [4.69, 9.17) is 9.84 Å². The van der Waals surface area contributed by atoms with Gasteiger partial charge in [-0.25, -0.2) is 0 Å². The summed E-state index contributed by atoms with van der Waals surface area (Å²) in [6.07, 6.45) is 2.21. The largest absolute Gasteiger partial charge is 0.507 e. The number of hydrogen-bond acceptors (Lipinski definition) is 4. The molecule has 0 saturated carbocycles. The Morgan fingerprint density at radius 1 is 1.50 bits per heavy atom. The minimum Gasteiger partial charge on any atom is -0.507 e. The van der Waals surface area contributed by atoms with Crippen LogP contribution in [0.1, 0.15) is 24.8 Å². The summed E-state index contributed by atoms with van der Waals surface area (Å²) in [4.78, 5) is 13.0. The fourth-order valence-electron chi connectivity index (χ4n) is 2.75. The van der Waals surface area contributed by atoms with E-state index in [-0.39, 0.29) is 18.1 Å². The fourth-order valence-corrected chi connectivity index (χ4v) is 2.75. The van der Waals surface area contributed by atoms with Crippen molar-refractivity contribution in [1.82, 2.24) is 4.90 Å². The van der Waals surface area contributed by atoms with Crippen molar-refractivity contribution >= 4 is 5.97 Å². The summed E-state index contributed by atoms with van der Waals surface area (Å²) >= 11 is 0. The van der Waals surface area contributed by atoms with Crippen LogP contribution in [0, 0.1) is 5.92 Å². The number of aliphatic carboxylic acids is 1. The number of nitrogens with zero attached hydrogens (tertiary/aromatic N) is 1. The smallest absolute Gasteiger partial charge is 0.303 e. The lowest BCUT2D eigenvalue weighted by molar-refractivity contribution is -0.138. The molecule has 0 amide bonds. The molecule has 1 aromatic carbocycles. The molecule has 20 heavy (non-hydrogen) atoms. The number of likely N-dealkylation sites (tertiary alicyclic amines) is 1. The second kappa shape index (κ2) is 6.61. The molecule has 2 N–H and O–H groups in total. The molecule has 1 fully saturated rings. The summed E-state index contributed by atoms with van der Waals surface area (Å²) in [6, 6.07) is 5.29. The molecule has 1 aliphatic heterocycles. The van der Waals surface area contributed by atoms with Gasteiger partial charge in [-0.3, -0.25) is 9.69 Å². The maximum absolute atomic E-state index is 10.8. The number of piperidine rings is 1. The minimum absolute atomic E-state index is 0.210. The summed E-state index contributed by atoms with van der Waals surface area (Å²) in [5.74, 6) is 0.337. The first kappa shape index (κ1) is 14.7. The average molecular weight is 279 g/mol. The third kappa shape index (κ3) is 3.87. The molecule has 2 rings (SSSR count). The first-order valence-corrected chi connectivity index (χ1v) is 6.88. The number of hydrogen-bond donors (Lipinski definition) is 2. The van der Waals surface area contributed by atoms with Crippen LogP contribution in [0.4, 0.5) is 0 Å². The van der Waals surface area contributed by atoms with Crippen LogP contribution in [-0.2, 0) is 11.3 Å². The summed E-state index contributed by atoms with van der Waals surface area (Å²) in [5.41, 5.74) is 0.849. The number of phenolic OH excluding ortho intramolecular Hbond substituents is 1. The zero-order valence-corrected chi connectivity index (χ0v) is 11.7. The van der Waals surface area contributed by atoms with Gasteiger partial charge in [0, 0.05) is 31.1 Å². The van der Waals surface area contributed by atoms with E-state index < -0.39 is 5.97 Å². The summed E-state index contributed by atoms with van der Waals surface area (Å²) in [7, 11) is 1.57. The Labute approximate surface area is 118 Å². The second-order valence-corrected chi connectivity index (χ2v) is 5.34. The Balaban J connectivity index is 1.97. The Morgan fingerprint density at radius 3 is 2.95 bits per heavy atom. The van der Waals surface area contributed by atoms with E-state index in [2.05, 4.69) is 4.90 Å². The van der Waals surface area contributed by atoms with E-state index in [0.29, 0.717) is 12.3 Å². The van der Waals surface area contributed by atoms with E-state index >= 15 is 0 Å². The molecule has 1 atom stereocenters. The number of phenols is 1. The van der Waals surface area contributed by atoms with Gasteiger partial charge in [0.2, 0.25) is 0 Å². The highest BCUT2D eigenvalue weighted by Crippen LogP contribution is 2.27. The zero-order valence-electron chi connectivity index (χ0n) is 11.7. The number of benzene rings is 1. The summed E-state index contributed by atoms with van der Waals surface area (Å²) in [6.45, 7) is 2.37. The lowest BCUT2D eigenvalue weighted by atomic mass is 9.94. The predicted octanol–water partition coefficient (Wildman–Crippen LogP) is 2.09. The van der Waals surface area contributed by atoms with Crippen molar-refractivity contribution in [2.75, 3.05) is 20.2 Å². The molecule has 0 aliphatic carbocycles. The van der Waals surface area contributed by atoms with Crippen molar-refractivity contribution < 1.29 is 19.7 Å². The third-order valence-corrected chi connectivity index (χ3v) is 3.75. The van der Waals surface area contributed by atoms with Crippen molar-refractivity contribution in [3.8, 4) is 11.5 Å². The third-order valence-electron chi connectivity index (χ3n) is 3.75. The standard InChI is InChI=1S/C15H21NO4/c1-20-13-5-4-12(14(17)8-13)10-16-6-2-3-11(9-16)7-15(18)19/h4-5,8,11,17H,2-3,6-7,9-10H2,1H3,(H,18,19). The minimum atomic E-state index is -0.732. The number of ether oxygens (including phenoxy) is 1. The Bertz CT molecular complexity index is 475. The first-order chi connectivity index (χ1) is 9.58. The van der Waals surface area contributed by atoms with E-state index in [1.807, 2.05) is 12.1 Å². The molecule has 1 saturated heterocycles. The number of carboxylic acids is 1. The van der Waals surface area contributed by atoms with Gasteiger partial charge in [0.25, 0.3) is 0 Å². The lowest BCUT2D eigenvalue weighted by Gasteiger charge is -2.32. The zero-order chi connectivity index (χ0) is 14.5. The first-order valence-electron chi connectivity index (χ1n) is 6.88. The maximum Gasteiger partial charge on any atom is 0.303 e. The Morgan fingerprint density at radius 2 is 2.30 bits per heavy atom. The van der Waals surface area contributed by atoms with Crippen LogP contribution in [0.25, 0.3) is 0 Å². The van der Waals surface area contributed by atoms with Gasteiger partial charge in [-0.2, -0.15) is 0 Å². The molecule has 0 spiro atoms. The highest BCUT2D eigenvalue weighted by Gasteiger charge is 2.22. The monoisotopic (exact) mass is 279 g/mol. The summed E-state index contributed by atoms with van der Waals surface area (Å²) < 4.78 is 5.06. The van der Waals surface area contributed by atoms with Crippen LogP contribution in [0.2, 0.25) is 0 Å². The molecule has 1 unspecified atom stereocenters. The molecular weight excluding hydrogens is 258 g/mol. The number of aromatic hydroxyl groups is 1.